The molecule has 2 saturated carbocycles. The fourth-order valence-corrected chi connectivity index (χ4v) is 6.61. The van der Waals surface area contributed by atoms with Crippen molar-refractivity contribution < 1.29 is 23.2 Å². The Hall–Kier alpha value is -3.85. The number of nitrogens with zero attached hydrogens (tertiary/aromatic N) is 1. The van der Waals surface area contributed by atoms with E-state index in [2.05, 4.69) is 5.48 Å². The molecule has 2 fully saturated rings. The number of rotatable bonds is 10. The van der Waals surface area contributed by atoms with Gasteiger partial charge in [-0.05, 0) is 79.8 Å². The predicted molar refractivity (Wildman–Crippen MR) is 156 cm³/mol. The molecule has 1 heterocycles. The van der Waals surface area contributed by atoms with Gasteiger partial charge in [-0.2, -0.15) is 5.48 Å². The van der Waals surface area contributed by atoms with Gasteiger partial charge >= 0.3 is 5.97 Å². The number of halogens is 2. The third-order valence-corrected chi connectivity index (χ3v) is 8.77. The van der Waals surface area contributed by atoms with Crippen molar-refractivity contribution in [2.75, 3.05) is 12.3 Å². The highest BCUT2D eigenvalue weighted by molar-refractivity contribution is 6.11. The first-order valence-electron chi connectivity index (χ1n) is 14.9. The molecule has 2 aliphatic carbocycles. The van der Waals surface area contributed by atoms with E-state index in [0.717, 1.165) is 43.4 Å². The third-order valence-electron chi connectivity index (χ3n) is 8.77. The number of hydrogen-bond acceptors (Lipinski definition) is 6. The van der Waals surface area contributed by atoms with Crippen LogP contribution in [-0.2, 0) is 16.1 Å². The maximum absolute atomic E-state index is 14.2. The molecule has 0 spiro atoms. The Morgan fingerprint density at radius 1 is 0.881 bits per heavy atom. The molecular weight excluding hydrogens is 540 g/mol. The summed E-state index contributed by atoms with van der Waals surface area (Å²) in [7, 11) is 0. The molecule has 0 amide bonds. The van der Waals surface area contributed by atoms with E-state index in [0.29, 0.717) is 36.6 Å². The van der Waals surface area contributed by atoms with Crippen molar-refractivity contribution in [3.63, 3.8) is 0 Å². The van der Waals surface area contributed by atoms with Gasteiger partial charge in [-0.3, -0.25) is 19.0 Å². The molecule has 3 N–H and O–H groups in total. The fourth-order valence-electron chi connectivity index (χ4n) is 6.61. The van der Waals surface area contributed by atoms with Crippen molar-refractivity contribution in [3.05, 3.63) is 93.3 Å². The van der Waals surface area contributed by atoms with E-state index in [1.165, 1.54) is 48.8 Å². The number of carbonyl (C=O) groups is 2. The number of ketones is 1. The number of carbonyl (C=O) groups excluding carboxylic acids is 2. The lowest BCUT2D eigenvalue weighted by Gasteiger charge is -2.32. The van der Waals surface area contributed by atoms with Crippen molar-refractivity contribution in [1.82, 2.24) is 10.0 Å². The molecular formula is C33H37F2N3O4. The zero-order valence-corrected chi connectivity index (χ0v) is 23.6. The van der Waals surface area contributed by atoms with Gasteiger partial charge in [-0.1, -0.05) is 44.2 Å². The predicted octanol–water partition coefficient (Wildman–Crippen LogP) is 5.91. The molecule has 3 aromatic rings. The largest absolute Gasteiger partial charge is 0.384 e. The van der Waals surface area contributed by atoms with Crippen LogP contribution < -0.4 is 16.8 Å². The lowest BCUT2D eigenvalue weighted by atomic mass is 9.73. The molecule has 0 unspecified atom stereocenters. The monoisotopic (exact) mass is 577 g/mol. The van der Waals surface area contributed by atoms with E-state index < -0.39 is 23.0 Å². The summed E-state index contributed by atoms with van der Waals surface area (Å²) in [5, 5.41) is 0. The zero-order chi connectivity index (χ0) is 29.6. The zero-order valence-electron chi connectivity index (χ0n) is 23.6. The fraction of sp³-hybridized carbons (Fsp3) is 0.424. The molecule has 42 heavy (non-hydrogen) atoms. The summed E-state index contributed by atoms with van der Waals surface area (Å²) in [6.45, 7) is 0.433. The first kappa shape index (κ1) is 29.6. The number of anilines is 1. The molecule has 1 aromatic heterocycles. The average molecular weight is 578 g/mol. The maximum atomic E-state index is 14.2. The highest BCUT2D eigenvalue weighted by atomic mass is 19.1. The van der Waals surface area contributed by atoms with Crippen LogP contribution in [0, 0.1) is 29.4 Å². The first-order chi connectivity index (χ1) is 20.3. The molecule has 5 rings (SSSR count). The van der Waals surface area contributed by atoms with Crippen LogP contribution in [0.4, 0.5) is 14.6 Å². The molecule has 2 aromatic carbocycles. The normalized spacial score (nSPS) is 16.8. The van der Waals surface area contributed by atoms with Gasteiger partial charge in [0.1, 0.15) is 17.5 Å². The van der Waals surface area contributed by atoms with Crippen LogP contribution in [0.2, 0.25) is 0 Å². The second kappa shape index (κ2) is 13.4. The van der Waals surface area contributed by atoms with Crippen molar-refractivity contribution in [2.45, 2.75) is 64.2 Å². The number of pyridine rings is 1. The Labute approximate surface area is 244 Å². The van der Waals surface area contributed by atoms with Gasteiger partial charge in [-0.15, -0.1) is 0 Å². The highest BCUT2D eigenvalue weighted by Gasteiger charge is 2.38. The van der Waals surface area contributed by atoms with Crippen LogP contribution in [0.1, 0.15) is 79.3 Å². The minimum absolute atomic E-state index is 0.0226. The van der Waals surface area contributed by atoms with E-state index in [1.807, 2.05) is 12.1 Å². The summed E-state index contributed by atoms with van der Waals surface area (Å²) in [5.74, 6) is -2.02. The molecule has 222 valence electrons. The SMILES string of the molecule is Nc1c(C(=O)c2ccc(F)cc2F)ccc(=O)n1-c1ccc(CCNOC(=O)[C@H](C2CCCCC2)C2CCCC2)cc1. The van der Waals surface area contributed by atoms with E-state index in [-0.39, 0.29) is 28.8 Å². The number of aromatic nitrogens is 1. The third kappa shape index (κ3) is 6.62. The Kier molecular flexibility index (Phi) is 9.47. The van der Waals surface area contributed by atoms with E-state index >= 15 is 0 Å². The summed E-state index contributed by atoms with van der Waals surface area (Å²) < 4.78 is 28.7. The molecule has 0 aliphatic heterocycles. The number of hydrogen-bond donors (Lipinski definition) is 2. The lowest BCUT2D eigenvalue weighted by Crippen LogP contribution is -2.36. The van der Waals surface area contributed by atoms with Gasteiger partial charge in [0.05, 0.1) is 22.7 Å². The van der Waals surface area contributed by atoms with Crippen LogP contribution in [0.15, 0.2) is 59.4 Å². The molecule has 1 atom stereocenters. The van der Waals surface area contributed by atoms with Crippen LogP contribution >= 0.6 is 0 Å². The van der Waals surface area contributed by atoms with Crippen LogP contribution in [0.5, 0.6) is 0 Å². The first-order valence-corrected chi connectivity index (χ1v) is 14.9. The van der Waals surface area contributed by atoms with E-state index in [9.17, 15) is 23.2 Å². The van der Waals surface area contributed by atoms with Gasteiger partial charge in [-0.25, -0.2) is 8.78 Å². The summed E-state index contributed by atoms with van der Waals surface area (Å²) in [6.07, 6.45) is 11.0. The van der Waals surface area contributed by atoms with E-state index in [1.54, 1.807) is 12.1 Å². The minimum Gasteiger partial charge on any atom is -0.384 e. The molecule has 2 aliphatic rings. The van der Waals surface area contributed by atoms with Gasteiger partial charge in [0.15, 0.2) is 5.78 Å². The van der Waals surface area contributed by atoms with Crippen LogP contribution in [0.25, 0.3) is 5.69 Å². The Morgan fingerprint density at radius 3 is 2.14 bits per heavy atom. The van der Waals surface area contributed by atoms with Crippen LogP contribution in [0.3, 0.4) is 0 Å². The van der Waals surface area contributed by atoms with Crippen molar-refractivity contribution in [1.29, 1.82) is 0 Å². The second-order valence-electron chi connectivity index (χ2n) is 11.5. The van der Waals surface area contributed by atoms with Gasteiger partial charge < -0.3 is 10.6 Å². The number of benzene rings is 2. The topological polar surface area (TPSA) is 103 Å². The Morgan fingerprint density at radius 2 is 1.50 bits per heavy atom. The van der Waals surface area contributed by atoms with E-state index in [4.69, 9.17) is 10.6 Å². The Bertz CT molecular complexity index is 1480. The molecule has 0 saturated heterocycles. The molecule has 0 bridgehead atoms. The number of nitrogens with two attached hydrogens (primary N) is 1. The van der Waals surface area contributed by atoms with Gasteiger partial charge in [0, 0.05) is 18.7 Å². The quantitative estimate of drug-likeness (QED) is 0.177. The molecule has 7 nitrogen and oxygen atoms in total. The van der Waals surface area contributed by atoms with Crippen LogP contribution in [-0.4, -0.2) is 22.9 Å². The Balaban J connectivity index is 1.21. The lowest BCUT2D eigenvalue weighted by molar-refractivity contribution is -0.161. The average Bonchev–Trinajstić information content (AvgIpc) is 3.51. The van der Waals surface area contributed by atoms with Crippen molar-refractivity contribution in [3.8, 4) is 5.69 Å². The summed E-state index contributed by atoms with van der Waals surface area (Å²) in [4.78, 5) is 44.3. The smallest absolute Gasteiger partial charge is 0.328 e. The molecule has 0 radical (unpaired) electrons. The summed E-state index contributed by atoms with van der Waals surface area (Å²) >= 11 is 0. The standard InChI is InChI=1S/C33H37F2N3O4/c34-24-12-15-26(28(35)20-24)31(40)27-16-17-29(39)38(32(27)36)25-13-10-21(11-14-25)18-19-37-42-33(41)30(23-8-4-5-9-23)22-6-2-1-3-7-22/h10-17,20,22-23,30,37H,1-9,18-19,36H2/t30-/m1/s1. The maximum Gasteiger partial charge on any atom is 0.328 e. The second-order valence-corrected chi connectivity index (χ2v) is 11.5. The minimum atomic E-state index is -1.01. The number of nitrogens with one attached hydrogen (secondary N) is 1. The van der Waals surface area contributed by atoms with Crippen molar-refractivity contribution in [2.24, 2.45) is 17.8 Å². The van der Waals surface area contributed by atoms with Gasteiger partial charge in [0.25, 0.3) is 5.56 Å². The van der Waals surface area contributed by atoms with Crippen molar-refractivity contribution >= 4 is 17.6 Å². The molecule has 9 heteroatoms. The summed E-state index contributed by atoms with van der Waals surface area (Å²) in [5.41, 5.74) is 9.58. The summed E-state index contributed by atoms with van der Waals surface area (Å²) in [6, 6.07) is 12.1. The number of nitrogen functional groups attached to an aromatic ring is 1. The highest BCUT2D eigenvalue weighted by Crippen LogP contribution is 2.41. The number of hydroxylamine groups is 1. The van der Waals surface area contributed by atoms with Gasteiger partial charge in [0.2, 0.25) is 0 Å².